The van der Waals surface area contributed by atoms with Crippen LogP contribution in [0, 0.1) is 8.99 Å². The van der Waals surface area contributed by atoms with Gasteiger partial charge in [-0.25, -0.2) is 0 Å². The van der Waals surface area contributed by atoms with Crippen LogP contribution in [0.4, 0.5) is 0 Å². The van der Waals surface area contributed by atoms with Crippen LogP contribution in [-0.2, 0) is 0 Å². The minimum absolute atomic E-state index is 0.000669. The molecule has 0 aliphatic heterocycles. The van der Waals surface area contributed by atoms with E-state index < -0.39 is 0 Å². The Bertz CT molecular complexity index is 464. The molecule has 3 nitrogen and oxygen atoms in total. The fraction of sp³-hybridized carbons (Fsp3) is 0.417. The van der Waals surface area contributed by atoms with Gasteiger partial charge in [0.1, 0.15) is 0 Å². The van der Waals surface area contributed by atoms with Crippen molar-refractivity contribution >= 4 is 51.7 Å². The molecule has 6 heteroatoms. The van der Waals surface area contributed by atoms with Gasteiger partial charge < -0.3 is 10.4 Å². The summed E-state index contributed by atoms with van der Waals surface area (Å²) in [5.41, 5.74) is 0.0885. The molecule has 0 aliphatic rings. The molecule has 1 amide bonds. The van der Waals surface area contributed by atoms with E-state index in [1.54, 1.807) is 12.1 Å². The highest BCUT2D eigenvalue weighted by Crippen LogP contribution is 2.27. The molecule has 2 N–H and O–H groups in total. The van der Waals surface area contributed by atoms with E-state index in [-0.39, 0.29) is 17.9 Å². The first-order valence-electron chi connectivity index (χ1n) is 5.30. The zero-order valence-corrected chi connectivity index (χ0v) is 13.7. The second-order valence-corrected chi connectivity index (χ2v) is 6.68. The molecule has 18 heavy (non-hydrogen) atoms. The normalized spacial score (nSPS) is 11.4. The van der Waals surface area contributed by atoms with Crippen molar-refractivity contribution in [3.05, 3.63) is 31.3 Å². The smallest absolute Gasteiger partial charge is 0.252 e. The van der Waals surface area contributed by atoms with E-state index in [1.165, 1.54) is 0 Å². The third-order valence-electron chi connectivity index (χ3n) is 2.39. The van der Waals surface area contributed by atoms with Crippen LogP contribution >= 0.6 is 45.8 Å². The summed E-state index contributed by atoms with van der Waals surface area (Å²) in [6.45, 7) is 4.11. The molecule has 0 saturated heterocycles. The van der Waals surface area contributed by atoms with Gasteiger partial charge >= 0.3 is 0 Å². The summed E-state index contributed by atoms with van der Waals surface area (Å²) in [5.74, 6) is -0.245. The number of rotatable bonds is 4. The van der Waals surface area contributed by atoms with Crippen LogP contribution in [0.3, 0.4) is 0 Å². The number of aliphatic hydroxyl groups excluding tert-OH is 1. The predicted molar refractivity (Wildman–Crippen MR) is 82.4 cm³/mol. The van der Waals surface area contributed by atoms with Crippen LogP contribution in [0.25, 0.3) is 0 Å². The first kappa shape index (κ1) is 16.0. The summed E-state index contributed by atoms with van der Waals surface area (Å²) >= 11 is 13.9. The molecule has 0 heterocycles. The van der Waals surface area contributed by atoms with Gasteiger partial charge in [0, 0.05) is 27.2 Å². The summed E-state index contributed by atoms with van der Waals surface area (Å²) in [6.07, 6.45) is 0. The molecule has 100 valence electrons. The van der Waals surface area contributed by atoms with Gasteiger partial charge in [-0.15, -0.1) is 0 Å². The summed E-state index contributed by atoms with van der Waals surface area (Å²) in [7, 11) is 0. The van der Waals surface area contributed by atoms with Crippen LogP contribution in [0.2, 0.25) is 10.0 Å². The fourth-order valence-electron chi connectivity index (χ4n) is 1.19. The van der Waals surface area contributed by atoms with Gasteiger partial charge in [0.05, 0.1) is 10.6 Å². The molecular weight excluding hydrogens is 388 g/mol. The Labute approximate surface area is 130 Å². The molecular formula is C12H14Cl2INO2. The number of carbonyl (C=O) groups excluding carboxylic acids is 1. The Morgan fingerprint density at radius 2 is 2.06 bits per heavy atom. The van der Waals surface area contributed by atoms with E-state index in [1.807, 2.05) is 36.4 Å². The third-order valence-corrected chi connectivity index (χ3v) is 4.39. The maximum absolute atomic E-state index is 12.0. The molecule has 1 aromatic rings. The monoisotopic (exact) mass is 401 g/mol. The van der Waals surface area contributed by atoms with Crippen LogP contribution in [-0.4, -0.2) is 24.2 Å². The van der Waals surface area contributed by atoms with Crippen molar-refractivity contribution in [1.29, 1.82) is 0 Å². The Morgan fingerprint density at radius 1 is 1.44 bits per heavy atom. The van der Waals surface area contributed by atoms with E-state index >= 15 is 0 Å². The predicted octanol–water partition coefficient (Wildman–Crippen LogP) is 3.35. The first-order valence-corrected chi connectivity index (χ1v) is 7.14. The van der Waals surface area contributed by atoms with E-state index in [2.05, 4.69) is 5.32 Å². The van der Waals surface area contributed by atoms with Crippen molar-refractivity contribution in [2.24, 2.45) is 5.41 Å². The van der Waals surface area contributed by atoms with Crippen molar-refractivity contribution in [1.82, 2.24) is 5.32 Å². The molecule has 0 atom stereocenters. The Morgan fingerprint density at radius 3 is 2.61 bits per heavy atom. The molecule has 1 aromatic carbocycles. The lowest BCUT2D eigenvalue weighted by molar-refractivity contribution is 0.0910. The number of carbonyl (C=O) groups is 1. The maximum Gasteiger partial charge on any atom is 0.252 e. The summed E-state index contributed by atoms with van der Waals surface area (Å²) in [4.78, 5) is 12.0. The van der Waals surface area contributed by atoms with Crippen LogP contribution in [0.1, 0.15) is 24.2 Å². The molecule has 0 unspecified atom stereocenters. The number of amides is 1. The Kier molecular flexibility index (Phi) is 5.70. The topological polar surface area (TPSA) is 49.3 Å². The van der Waals surface area contributed by atoms with Crippen molar-refractivity contribution in [2.45, 2.75) is 13.8 Å². The van der Waals surface area contributed by atoms with Gasteiger partial charge in [0.25, 0.3) is 5.91 Å². The van der Waals surface area contributed by atoms with E-state index in [9.17, 15) is 4.79 Å². The Balaban J connectivity index is 2.85. The summed E-state index contributed by atoms with van der Waals surface area (Å²) in [5, 5.41) is 12.8. The molecule has 0 saturated carbocycles. The number of benzene rings is 1. The highest BCUT2D eigenvalue weighted by molar-refractivity contribution is 14.1. The zero-order valence-electron chi connectivity index (χ0n) is 10.1. The Hall–Kier alpha value is -0.0400. The lowest BCUT2D eigenvalue weighted by atomic mass is 9.95. The van der Waals surface area contributed by atoms with Gasteiger partial charge in [0.2, 0.25) is 0 Å². The van der Waals surface area contributed by atoms with Gasteiger partial charge in [0.15, 0.2) is 0 Å². The number of hydrogen-bond donors (Lipinski definition) is 2. The largest absolute Gasteiger partial charge is 0.396 e. The van der Waals surface area contributed by atoms with Crippen molar-refractivity contribution in [3.63, 3.8) is 0 Å². The molecule has 0 spiro atoms. The molecule has 0 fully saturated rings. The third kappa shape index (κ3) is 4.26. The standard InChI is InChI=1S/C12H14Cl2INO2/c1-12(2,6-17)5-16-11(18)8-3-7(13)4-9(14)10(8)15/h3-4,17H,5-6H2,1-2H3,(H,16,18). The quantitative estimate of drug-likeness (QED) is 0.600. The van der Waals surface area contributed by atoms with Gasteiger partial charge in [-0.1, -0.05) is 37.0 Å². The average molecular weight is 402 g/mol. The first-order chi connectivity index (χ1) is 8.26. The highest BCUT2D eigenvalue weighted by atomic mass is 127. The van der Waals surface area contributed by atoms with Crippen LogP contribution < -0.4 is 5.32 Å². The van der Waals surface area contributed by atoms with E-state index in [0.29, 0.717) is 25.7 Å². The summed E-state index contributed by atoms with van der Waals surface area (Å²) < 4.78 is 0.665. The lowest BCUT2D eigenvalue weighted by Gasteiger charge is -2.22. The maximum atomic E-state index is 12.0. The summed E-state index contributed by atoms with van der Waals surface area (Å²) in [6, 6.07) is 3.18. The van der Waals surface area contributed by atoms with E-state index in [0.717, 1.165) is 0 Å². The van der Waals surface area contributed by atoms with Crippen LogP contribution in [0.5, 0.6) is 0 Å². The second kappa shape index (κ2) is 6.41. The molecule has 0 bridgehead atoms. The zero-order chi connectivity index (χ0) is 13.9. The average Bonchev–Trinajstić information content (AvgIpc) is 2.31. The number of nitrogens with one attached hydrogen (secondary N) is 1. The van der Waals surface area contributed by atoms with Gasteiger partial charge in [-0.2, -0.15) is 0 Å². The number of halogens is 3. The highest BCUT2D eigenvalue weighted by Gasteiger charge is 2.20. The molecule has 0 aromatic heterocycles. The van der Waals surface area contributed by atoms with Gasteiger partial charge in [-0.05, 0) is 34.7 Å². The number of aliphatic hydroxyl groups is 1. The molecule has 1 rings (SSSR count). The fourth-order valence-corrected chi connectivity index (χ4v) is 2.24. The van der Waals surface area contributed by atoms with Gasteiger partial charge in [-0.3, -0.25) is 4.79 Å². The molecule has 0 aliphatic carbocycles. The van der Waals surface area contributed by atoms with Crippen LogP contribution in [0.15, 0.2) is 12.1 Å². The second-order valence-electron chi connectivity index (χ2n) is 4.75. The minimum Gasteiger partial charge on any atom is -0.396 e. The van der Waals surface area contributed by atoms with Crippen molar-refractivity contribution in [2.75, 3.05) is 13.2 Å². The molecule has 0 radical (unpaired) electrons. The number of hydrogen-bond acceptors (Lipinski definition) is 2. The van der Waals surface area contributed by atoms with E-state index in [4.69, 9.17) is 28.3 Å². The van der Waals surface area contributed by atoms with Crippen molar-refractivity contribution < 1.29 is 9.90 Å². The van der Waals surface area contributed by atoms with Crippen molar-refractivity contribution in [3.8, 4) is 0 Å². The lowest BCUT2D eigenvalue weighted by Crippen LogP contribution is -2.36. The SMILES string of the molecule is CC(C)(CO)CNC(=O)c1cc(Cl)cc(Cl)c1I. The minimum atomic E-state index is -0.358.